The lowest BCUT2D eigenvalue weighted by Gasteiger charge is -2.20. The second-order valence-electron chi connectivity index (χ2n) is 4.69. The number of amides is 2. The Balaban J connectivity index is 2.21. The van der Waals surface area contributed by atoms with E-state index in [0.717, 1.165) is 6.61 Å². The smallest absolute Gasteiger partial charge is 0.327 e. The van der Waals surface area contributed by atoms with E-state index in [2.05, 4.69) is 11.2 Å². The zero-order valence-electron chi connectivity index (χ0n) is 11.1. The minimum absolute atomic E-state index is 0.0346. The SMILES string of the molecule is C#CCC(NC(=O)N(C)CCOCC1CC1)C(=O)O. The number of nitrogens with zero attached hydrogens (tertiary/aromatic N) is 1. The van der Waals surface area contributed by atoms with Gasteiger partial charge in [0.15, 0.2) is 0 Å². The van der Waals surface area contributed by atoms with Crippen molar-refractivity contribution >= 4 is 12.0 Å². The largest absolute Gasteiger partial charge is 0.480 e. The lowest BCUT2D eigenvalue weighted by atomic mass is 10.2. The third kappa shape index (κ3) is 6.11. The molecule has 1 fully saturated rings. The molecule has 1 rings (SSSR count). The Labute approximate surface area is 113 Å². The first-order valence-electron chi connectivity index (χ1n) is 6.30. The Kier molecular flexibility index (Phi) is 6.16. The lowest BCUT2D eigenvalue weighted by molar-refractivity contribution is -0.139. The molecule has 1 atom stereocenters. The van der Waals surface area contributed by atoms with Crippen molar-refractivity contribution in [2.45, 2.75) is 25.3 Å². The first-order chi connectivity index (χ1) is 9.04. The molecule has 0 aromatic carbocycles. The van der Waals surface area contributed by atoms with E-state index in [4.69, 9.17) is 16.3 Å². The Morgan fingerprint density at radius 1 is 1.58 bits per heavy atom. The summed E-state index contributed by atoms with van der Waals surface area (Å²) in [5.41, 5.74) is 0. The predicted octanol–water partition coefficient (Wildman–Crippen LogP) is 0.531. The van der Waals surface area contributed by atoms with Crippen molar-refractivity contribution in [3.63, 3.8) is 0 Å². The molecule has 0 aliphatic heterocycles. The van der Waals surface area contributed by atoms with Crippen molar-refractivity contribution in [1.82, 2.24) is 10.2 Å². The Bertz CT molecular complexity index is 360. The van der Waals surface area contributed by atoms with Crippen LogP contribution in [0.1, 0.15) is 19.3 Å². The van der Waals surface area contributed by atoms with Gasteiger partial charge >= 0.3 is 12.0 Å². The standard InChI is InChI=1S/C13H20N2O4/c1-3-4-11(12(16)17)14-13(18)15(2)7-8-19-9-10-5-6-10/h1,10-11H,4-9H2,2H3,(H,14,18)(H,16,17). The molecule has 19 heavy (non-hydrogen) atoms. The van der Waals surface area contributed by atoms with Crippen LogP contribution in [0.5, 0.6) is 0 Å². The quantitative estimate of drug-likeness (QED) is 0.497. The molecule has 0 aromatic rings. The van der Waals surface area contributed by atoms with E-state index in [1.165, 1.54) is 17.7 Å². The molecule has 6 heteroatoms. The van der Waals surface area contributed by atoms with Gasteiger partial charge in [-0.05, 0) is 18.8 Å². The monoisotopic (exact) mass is 268 g/mol. The highest BCUT2D eigenvalue weighted by atomic mass is 16.5. The second-order valence-corrected chi connectivity index (χ2v) is 4.69. The van der Waals surface area contributed by atoms with Gasteiger partial charge in [-0.2, -0.15) is 0 Å². The van der Waals surface area contributed by atoms with Gasteiger partial charge in [-0.1, -0.05) is 0 Å². The Morgan fingerprint density at radius 3 is 2.79 bits per heavy atom. The van der Waals surface area contributed by atoms with E-state index in [1.807, 2.05) is 0 Å². The first-order valence-corrected chi connectivity index (χ1v) is 6.30. The van der Waals surface area contributed by atoms with Gasteiger partial charge in [-0.25, -0.2) is 9.59 Å². The summed E-state index contributed by atoms with van der Waals surface area (Å²) in [5, 5.41) is 11.2. The average molecular weight is 268 g/mol. The predicted molar refractivity (Wildman–Crippen MR) is 69.6 cm³/mol. The highest BCUT2D eigenvalue weighted by molar-refractivity contribution is 5.82. The summed E-state index contributed by atoms with van der Waals surface area (Å²) in [4.78, 5) is 23.9. The number of carbonyl (C=O) groups excluding carboxylic acids is 1. The molecule has 0 heterocycles. The summed E-state index contributed by atoms with van der Waals surface area (Å²) in [6, 6.07) is -1.51. The van der Waals surface area contributed by atoms with Gasteiger partial charge in [-0.15, -0.1) is 12.3 Å². The van der Waals surface area contributed by atoms with Crippen molar-refractivity contribution in [1.29, 1.82) is 0 Å². The van der Waals surface area contributed by atoms with Crippen molar-refractivity contribution in [2.24, 2.45) is 5.92 Å². The van der Waals surface area contributed by atoms with Crippen LogP contribution in [0.3, 0.4) is 0 Å². The van der Waals surface area contributed by atoms with Crippen LogP contribution in [-0.4, -0.2) is 54.9 Å². The van der Waals surface area contributed by atoms with Crippen LogP contribution < -0.4 is 5.32 Å². The van der Waals surface area contributed by atoms with Crippen LogP contribution >= 0.6 is 0 Å². The third-order valence-electron chi connectivity index (χ3n) is 2.89. The number of terminal acetylenes is 1. The van der Waals surface area contributed by atoms with E-state index < -0.39 is 18.0 Å². The molecular formula is C13H20N2O4. The summed E-state index contributed by atoms with van der Waals surface area (Å²) in [7, 11) is 1.59. The summed E-state index contributed by atoms with van der Waals surface area (Å²) < 4.78 is 5.41. The molecule has 0 saturated heterocycles. The summed E-state index contributed by atoms with van der Waals surface area (Å²) in [6.45, 7) is 1.61. The average Bonchev–Trinajstić information content (AvgIpc) is 3.17. The Morgan fingerprint density at radius 2 is 2.26 bits per heavy atom. The van der Waals surface area contributed by atoms with Crippen LogP contribution in [0.25, 0.3) is 0 Å². The van der Waals surface area contributed by atoms with Gasteiger partial charge in [0.25, 0.3) is 0 Å². The van der Waals surface area contributed by atoms with Crippen LogP contribution in [0.15, 0.2) is 0 Å². The maximum Gasteiger partial charge on any atom is 0.327 e. The molecule has 1 aliphatic carbocycles. The van der Waals surface area contributed by atoms with Gasteiger partial charge < -0.3 is 20.1 Å². The zero-order valence-corrected chi connectivity index (χ0v) is 11.1. The maximum absolute atomic E-state index is 11.7. The number of hydrogen-bond acceptors (Lipinski definition) is 3. The number of ether oxygens (including phenoxy) is 1. The molecule has 106 valence electrons. The van der Waals surface area contributed by atoms with E-state index >= 15 is 0 Å². The van der Waals surface area contributed by atoms with Crippen molar-refractivity contribution in [2.75, 3.05) is 26.8 Å². The number of nitrogens with one attached hydrogen (secondary N) is 1. The molecule has 0 aromatic heterocycles. The topological polar surface area (TPSA) is 78.9 Å². The van der Waals surface area contributed by atoms with Gasteiger partial charge in [0.1, 0.15) is 6.04 Å². The fraction of sp³-hybridized carbons (Fsp3) is 0.692. The molecule has 1 unspecified atom stereocenters. The van der Waals surface area contributed by atoms with Crippen LogP contribution in [-0.2, 0) is 9.53 Å². The van der Waals surface area contributed by atoms with Gasteiger partial charge in [0.2, 0.25) is 0 Å². The lowest BCUT2D eigenvalue weighted by Crippen LogP contribution is -2.47. The summed E-state index contributed by atoms with van der Waals surface area (Å²) >= 11 is 0. The zero-order chi connectivity index (χ0) is 14.3. The van der Waals surface area contributed by atoms with Gasteiger partial charge in [0.05, 0.1) is 6.61 Å². The van der Waals surface area contributed by atoms with E-state index in [1.54, 1.807) is 7.05 Å². The number of likely N-dealkylation sites (N-methyl/N-ethyl adjacent to an activating group) is 1. The number of aliphatic carboxylic acids is 1. The molecule has 2 amide bonds. The first kappa shape index (κ1) is 15.3. The van der Waals surface area contributed by atoms with Crippen LogP contribution in [0.2, 0.25) is 0 Å². The number of rotatable bonds is 8. The highest BCUT2D eigenvalue weighted by Gasteiger charge is 2.22. The van der Waals surface area contributed by atoms with E-state index in [0.29, 0.717) is 19.1 Å². The summed E-state index contributed by atoms with van der Waals surface area (Å²) in [5.74, 6) is 1.78. The molecule has 2 N–H and O–H groups in total. The maximum atomic E-state index is 11.7. The van der Waals surface area contributed by atoms with Gasteiger partial charge in [0, 0.05) is 26.6 Å². The summed E-state index contributed by atoms with van der Waals surface area (Å²) in [6.07, 6.45) is 7.47. The van der Waals surface area contributed by atoms with Crippen LogP contribution in [0, 0.1) is 18.3 Å². The van der Waals surface area contributed by atoms with Crippen molar-refractivity contribution in [3.8, 4) is 12.3 Å². The number of carbonyl (C=O) groups is 2. The molecule has 0 bridgehead atoms. The normalized spacial score (nSPS) is 15.4. The molecule has 1 aliphatic rings. The van der Waals surface area contributed by atoms with Crippen LogP contribution in [0.4, 0.5) is 4.79 Å². The number of carboxylic acid groups (broad SMARTS) is 1. The molecule has 6 nitrogen and oxygen atoms in total. The molecule has 1 saturated carbocycles. The third-order valence-corrected chi connectivity index (χ3v) is 2.89. The molecule has 0 radical (unpaired) electrons. The minimum atomic E-state index is -1.13. The second kappa shape index (κ2) is 7.64. The van der Waals surface area contributed by atoms with E-state index in [9.17, 15) is 9.59 Å². The number of urea groups is 1. The number of carboxylic acids is 1. The number of hydrogen-bond donors (Lipinski definition) is 2. The minimum Gasteiger partial charge on any atom is -0.480 e. The van der Waals surface area contributed by atoms with Gasteiger partial charge in [-0.3, -0.25) is 0 Å². The van der Waals surface area contributed by atoms with Crippen molar-refractivity contribution < 1.29 is 19.4 Å². The Hall–Kier alpha value is -1.74. The fourth-order valence-corrected chi connectivity index (χ4v) is 1.41. The molecular weight excluding hydrogens is 248 g/mol. The van der Waals surface area contributed by atoms with Crippen molar-refractivity contribution in [3.05, 3.63) is 0 Å². The highest BCUT2D eigenvalue weighted by Crippen LogP contribution is 2.28. The van der Waals surface area contributed by atoms with E-state index in [-0.39, 0.29) is 6.42 Å². The molecule has 0 spiro atoms. The fourth-order valence-electron chi connectivity index (χ4n) is 1.41.